The van der Waals surface area contributed by atoms with Crippen molar-refractivity contribution in [1.29, 1.82) is 0 Å². The third kappa shape index (κ3) is 3.85. The number of para-hydroxylation sites is 1. The van der Waals surface area contributed by atoms with Crippen LogP contribution in [0.25, 0.3) is 5.69 Å². The van der Waals surface area contributed by atoms with Crippen molar-refractivity contribution in [2.45, 2.75) is 12.6 Å². The number of carbonyl (C=O) groups is 1. The summed E-state index contributed by atoms with van der Waals surface area (Å²) in [7, 11) is 3.12. The number of anilines is 1. The number of amides is 2. The molecule has 0 bridgehead atoms. The number of urea groups is 1. The summed E-state index contributed by atoms with van der Waals surface area (Å²) in [5.74, 6) is 0.792. The van der Waals surface area contributed by atoms with Crippen molar-refractivity contribution in [2.24, 2.45) is 0 Å². The number of aromatic nitrogens is 1. The number of hydrogen-bond donors (Lipinski definition) is 1. The standard InChI is InChI=1S/C27H24FN3O3/c1-33-21-13-14-25(34-2)22(16-21)29-27(32)31-17-19-6-3-4-7-23(19)30-15-5-8-24(30)26(31)18-9-11-20(28)12-10-18/h3-16,26H,17H2,1-2H3,(H,29,32). The number of fused-ring (bicyclic) bond motifs is 3. The van der Waals surface area contributed by atoms with Crippen LogP contribution < -0.4 is 14.8 Å². The van der Waals surface area contributed by atoms with Crippen molar-refractivity contribution >= 4 is 11.7 Å². The number of methoxy groups -OCH3 is 2. The lowest BCUT2D eigenvalue weighted by molar-refractivity contribution is 0.194. The second-order valence-electron chi connectivity index (χ2n) is 8.01. The molecule has 34 heavy (non-hydrogen) atoms. The Balaban J connectivity index is 1.62. The van der Waals surface area contributed by atoms with E-state index >= 15 is 0 Å². The predicted octanol–water partition coefficient (Wildman–Crippen LogP) is 5.77. The molecule has 4 aromatic rings. The maximum absolute atomic E-state index is 13.8. The Morgan fingerprint density at radius 1 is 0.971 bits per heavy atom. The smallest absolute Gasteiger partial charge is 0.323 e. The maximum atomic E-state index is 13.8. The fourth-order valence-corrected chi connectivity index (χ4v) is 4.43. The number of rotatable bonds is 4. The molecule has 0 saturated heterocycles. The summed E-state index contributed by atoms with van der Waals surface area (Å²) in [6.07, 6.45) is 1.98. The Bertz CT molecular complexity index is 1330. The lowest BCUT2D eigenvalue weighted by Crippen LogP contribution is -2.38. The number of benzene rings is 3. The molecule has 0 radical (unpaired) electrons. The Hall–Kier alpha value is -4.26. The highest BCUT2D eigenvalue weighted by atomic mass is 19.1. The number of halogens is 1. The topological polar surface area (TPSA) is 55.7 Å². The molecule has 3 aromatic carbocycles. The molecule has 1 atom stereocenters. The number of ether oxygens (including phenoxy) is 2. The molecule has 0 saturated carbocycles. The van der Waals surface area contributed by atoms with Crippen molar-refractivity contribution in [3.05, 3.63) is 108 Å². The minimum atomic E-state index is -0.445. The Labute approximate surface area is 197 Å². The zero-order valence-corrected chi connectivity index (χ0v) is 18.9. The van der Waals surface area contributed by atoms with Gasteiger partial charge in [-0.2, -0.15) is 0 Å². The van der Waals surface area contributed by atoms with Crippen LogP contribution in [-0.2, 0) is 6.54 Å². The molecule has 5 rings (SSSR count). The van der Waals surface area contributed by atoms with E-state index in [9.17, 15) is 9.18 Å². The molecule has 2 amide bonds. The maximum Gasteiger partial charge on any atom is 0.323 e. The summed E-state index contributed by atoms with van der Waals surface area (Å²) >= 11 is 0. The number of nitrogens with one attached hydrogen (secondary N) is 1. The SMILES string of the molecule is COc1ccc(OC)c(NC(=O)N2Cc3ccccc3-n3cccc3C2c2ccc(F)cc2)c1. The average molecular weight is 458 g/mol. The largest absolute Gasteiger partial charge is 0.497 e. The van der Waals surface area contributed by atoms with Gasteiger partial charge in [0.2, 0.25) is 0 Å². The van der Waals surface area contributed by atoms with Gasteiger partial charge in [0.15, 0.2) is 0 Å². The van der Waals surface area contributed by atoms with Crippen LogP contribution in [0.5, 0.6) is 11.5 Å². The molecular weight excluding hydrogens is 433 g/mol. The van der Waals surface area contributed by atoms with Crippen molar-refractivity contribution in [3.8, 4) is 17.2 Å². The predicted molar refractivity (Wildman–Crippen MR) is 128 cm³/mol. The Morgan fingerprint density at radius 2 is 1.76 bits per heavy atom. The highest BCUT2D eigenvalue weighted by Crippen LogP contribution is 2.38. The van der Waals surface area contributed by atoms with Crippen LogP contribution >= 0.6 is 0 Å². The van der Waals surface area contributed by atoms with Crippen molar-refractivity contribution in [3.63, 3.8) is 0 Å². The molecule has 1 aromatic heterocycles. The summed E-state index contributed by atoms with van der Waals surface area (Å²) < 4.78 is 26.6. The second-order valence-corrected chi connectivity index (χ2v) is 8.01. The van der Waals surface area contributed by atoms with Gasteiger partial charge in [-0.1, -0.05) is 30.3 Å². The van der Waals surface area contributed by atoms with Gasteiger partial charge in [-0.05, 0) is 53.6 Å². The first-order chi connectivity index (χ1) is 16.6. The first-order valence-electron chi connectivity index (χ1n) is 10.9. The van der Waals surface area contributed by atoms with Gasteiger partial charge in [-0.15, -0.1) is 0 Å². The first kappa shape index (κ1) is 21.6. The van der Waals surface area contributed by atoms with Crippen LogP contribution in [0.1, 0.15) is 22.9 Å². The third-order valence-electron chi connectivity index (χ3n) is 6.06. The molecule has 172 valence electrons. The quantitative estimate of drug-likeness (QED) is 0.423. The Kier molecular flexibility index (Phi) is 5.67. The van der Waals surface area contributed by atoms with E-state index in [1.807, 2.05) is 42.6 Å². The summed E-state index contributed by atoms with van der Waals surface area (Å²) in [5.41, 5.74) is 4.21. The monoisotopic (exact) mass is 457 g/mol. The summed E-state index contributed by atoms with van der Waals surface area (Å²) in [5, 5.41) is 3.00. The minimum Gasteiger partial charge on any atom is -0.497 e. The van der Waals surface area contributed by atoms with Crippen LogP contribution in [0.15, 0.2) is 85.1 Å². The van der Waals surface area contributed by atoms with Crippen LogP contribution in [0.4, 0.5) is 14.9 Å². The molecule has 7 heteroatoms. The normalized spacial score (nSPS) is 14.6. The van der Waals surface area contributed by atoms with Gasteiger partial charge in [0.1, 0.15) is 17.3 Å². The van der Waals surface area contributed by atoms with Crippen LogP contribution in [0.2, 0.25) is 0 Å². The lowest BCUT2D eigenvalue weighted by Gasteiger charge is -2.31. The van der Waals surface area contributed by atoms with Crippen molar-refractivity contribution in [2.75, 3.05) is 19.5 Å². The molecule has 6 nitrogen and oxygen atoms in total. The van der Waals surface area contributed by atoms with E-state index < -0.39 is 6.04 Å². The van der Waals surface area contributed by atoms with Crippen LogP contribution in [-0.4, -0.2) is 29.7 Å². The number of carbonyl (C=O) groups excluding carboxylic acids is 1. The average Bonchev–Trinajstić information content (AvgIpc) is 3.29. The van der Waals surface area contributed by atoms with Gasteiger partial charge >= 0.3 is 6.03 Å². The van der Waals surface area contributed by atoms with Gasteiger partial charge < -0.3 is 24.3 Å². The van der Waals surface area contributed by atoms with E-state index in [0.29, 0.717) is 23.7 Å². The molecule has 2 heterocycles. The number of hydrogen-bond acceptors (Lipinski definition) is 3. The van der Waals surface area contributed by atoms with Gasteiger partial charge in [0.25, 0.3) is 0 Å². The van der Waals surface area contributed by atoms with E-state index in [2.05, 4.69) is 9.88 Å². The zero-order chi connectivity index (χ0) is 23.7. The summed E-state index contributed by atoms with van der Waals surface area (Å²) in [4.78, 5) is 15.6. The first-order valence-corrected chi connectivity index (χ1v) is 10.9. The van der Waals surface area contributed by atoms with E-state index in [4.69, 9.17) is 9.47 Å². The minimum absolute atomic E-state index is 0.315. The molecule has 1 aliphatic heterocycles. The molecule has 0 spiro atoms. The zero-order valence-electron chi connectivity index (χ0n) is 18.9. The Morgan fingerprint density at radius 3 is 2.53 bits per heavy atom. The molecule has 1 N–H and O–H groups in total. The molecule has 1 unspecified atom stereocenters. The third-order valence-corrected chi connectivity index (χ3v) is 6.06. The van der Waals surface area contributed by atoms with E-state index in [1.165, 1.54) is 12.1 Å². The number of nitrogens with zero attached hydrogens (tertiary/aromatic N) is 2. The molecule has 1 aliphatic rings. The van der Waals surface area contributed by atoms with Crippen LogP contribution in [0.3, 0.4) is 0 Å². The van der Waals surface area contributed by atoms with Crippen molar-refractivity contribution in [1.82, 2.24) is 9.47 Å². The fourth-order valence-electron chi connectivity index (χ4n) is 4.43. The van der Waals surface area contributed by atoms with Crippen molar-refractivity contribution < 1.29 is 18.7 Å². The fraction of sp³-hybridized carbons (Fsp3) is 0.148. The molecular formula is C27H24FN3O3. The highest BCUT2D eigenvalue weighted by Gasteiger charge is 2.33. The van der Waals surface area contributed by atoms with E-state index in [1.54, 1.807) is 49.5 Å². The second kappa shape index (κ2) is 8.94. The van der Waals surface area contributed by atoms with Gasteiger partial charge in [0.05, 0.1) is 38.2 Å². The highest BCUT2D eigenvalue weighted by molar-refractivity contribution is 5.92. The summed E-state index contributed by atoms with van der Waals surface area (Å²) in [6, 6.07) is 22.7. The van der Waals surface area contributed by atoms with Gasteiger partial charge in [-0.25, -0.2) is 9.18 Å². The van der Waals surface area contributed by atoms with Gasteiger partial charge in [-0.3, -0.25) is 0 Å². The van der Waals surface area contributed by atoms with E-state index in [0.717, 1.165) is 22.5 Å². The molecule has 0 aliphatic carbocycles. The van der Waals surface area contributed by atoms with E-state index in [-0.39, 0.29) is 11.8 Å². The lowest BCUT2D eigenvalue weighted by atomic mass is 10.0. The van der Waals surface area contributed by atoms with Gasteiger partial charge in [0, 0.05) is 18.0 Å². The molecule has 0 fully saturated rings. The summed E-state index contributed by atoms with van der Waals surface area (Å²) in [6.45, 7) is 0.359. The van der Waals surface area contributed by atoms with Crippen LogP contribution in [0, 0.1) is 5.82 Å².